The Morgan fingerprint density at radius 2 is 1.65 bits per heavy atom. The summed E-state index contributed by atoms with van der Waals surface area (Å²) >= 11 is 0. The molecule has 0 spiro atoms. The van der Waals surface area contributed by atoms with E-state index in [-0.39, 0.29) is 20.4 Å². The van der Waals surface area contributed by atoms with Crippen molar-refractivity contribution in [3.8, 4) is 6.07 Å². The van der Waals surface area contributed by atoms with Gasteiger partial charge in [-0.05, 0) is 37.3 Å². The highest BCUT2D eigenvalue weighted by Gasteiger charge is 2.24. The van der Waals surface area contributed by atoms with Gasteiger partial charge in [0.25, 0.3) is 0 Å². The minimum Gasteiger partial charge on any atom is -0.324 e. The fraction of sp³-hybridized carbons (Fsp3) is 0.125. The lowest BCUT2D eigenvalue weighted by Crippen LogP contribution is -2.17. The molecule has 0 bridgehead atoms. The Bertz CT molecular complexity index is 1100. The van der Waals surface area contributed by atoms with Crippen molar-refractivity contribution in [2.75, 3.05) is 5.32 Å². The summed E-state index contributed by atoms with van der Waals surface area (Å²) in [6, 6.07) is 10.7. The van der Waals surface area contributed by atoms with Crippen LogP contribution in [0.2, 0.25) is 0 Å². The van der Waals surface area contributed by atoms with E-state index in [1.165, 1.54) is 12.1 Å². The number of carbonyl (C=O) groups is 1. The molecule has 0 aliphatic heterocycles. The average molecular weight is 393 g/mol. The Balaban J connectivity index is 2.65. The Hall–Kier alpha value is -2.74. The number of aryl methyl sites for hydroxylation is 1. The average Bonchev–Trinajstić information content (AvgIpc) is 2.54. The number of benzene rings is 2. The van der Waals surface area contributed by atoms with Crippen LogP contribution in [-0.2, 0) is 24.7 Å². The van der Waals surface area contributed by atoms with Crippen molar-refractivity contribution < 1.29 is 21.6 Å². The molecule has 0 aromatic heterocycles. The maximum Gasteiger partial charge on any atom is 0.238 e. The molecule has 3 N–H and O–H groups in total. The largest absolute Gasteiger partial charge is 0.324 e. The van der Waals surface area contributed by atoms with Crippen LogP contribution in [0.4, 0.5) is 5.69 Å². The van der Waals surface area contributed by atoms with E-state index in [9.17, 15) is 21.6 Å². The van der Waals surface area contributed by atoms with E-state index >= 15 is 0 Å². The zero-order chi connectivity index (χ0) is 19.5. The normalized spacial score (nSPS) is 11.6. The monoisotopic (exact) mass is 393 g/mol. The molecule has 2 rings (SSSR count). The molecule has 26 heavy (non-hydrogen) atoms. The number of anilines is 1. The molecule has 0 fully saturated rings. The fourth-order valence-corrected chi connectivity index (χ4v) is 4.06. The Kier molecular flexibility index (Phi) is 5.46. The third-order valence-corrected chi connectivity index (χ3v) is 6.15. The summed E-state index contributed by atoms with van der Waals surface area (Å²) in [5.74, 6) is -0.778. The Labute approximate surface area is 151 Å². The highest BCUT2D eigenvalue weighted by molar-refractivity contribution is 7.91. The van der Waals surface area contributed by atoms with Crippen molar-refractivity contribution >= 4 is 31.5 Å². The lowest BCUT2D eigenvalue weighted by atomic mass is 10.2. The van der Waals surface area contributed by atoms with Gasteiger partial charge in [0.15, 0.2) is 0 Å². The molecular weight excluding hydrogens is 378 g/mol. The Morgan fingerprint density at radius 3 is 2.19 bits per heavy atom. The molecule has 0 heterocycles. The lowest BCUT2D eigenvalue weighted by Gasteiger charge is -2.13. The topological polar surface area (TPSA) is 147 Å². The number of hydrogen-bond acceptors (Lipinski definition) is 6. The SMILES string of the molecule is Cc1ccc(S(=O)(=O)c2ccc(S(N)(=O)=O)cc2NC(=O)CC#N)cc1. The maximum absolute atomic E-state index is 12.9. The van der Waals surface area contributed by atoms with Gasteiger partial charge in [-0.1, -0.05) is 17.7 Å². The van der Waals surface area contributed by atoms with Gasteiger partial charge in [-0.15, -0.1) is 0 Å². The second-order valence-corrected chi connectivity index (χ2v) is 8.88. The summed E-state index contributed by atoms with van der Waals surface area (Å²) < 4.78 is 48.8. The quantitative estimate of drug-likeness (QED) is 0.783. The highest BCUT2D eigenvalue weighted by atomic mass is 32.2. The molecule has 0 saturated carbocycles. The molecule has 1 amide bonds. The molecule has 2 aromatic rings. The number of nitriles is 1. The van der Waals surface area contributed by atoms with Crippen LogP contribution in [0, 0.1) is 18.3 Å². The minimum absolute atomic E-state index is 0.0257. The molecule has 2 aromatic carbocycles. The number of sulfone groups is 1. The zero-order valence-electron chi connectivity index (χ0n) is 13.6. The smallest absolute Gasteiger partial charge is 0.238 e. The second kappa shape index (κ2) is 7.25. The van der Waals surface area contributed by atoms with Crippen LogP contribution in [-0.4, -0.2) is 22.7 Å². The van der Waals surface area contributed by atoms with Crippen molar-refractivity contribution in [1.29, 1.82) is 5.26 Å². The number of sulfonamides is 1. The number of hydrogen-bond donors (Lipinski definition) is 2. The summed E-state index contributed by atoms with van der Waals surface area (Å²) in [4.78, 5) is 11.0. The van der Waals surface area contributed by atoms with Crippen molar-refractivity contribution in [3.05, 3.63) is 48.0 Å². The third kappa shape index (κ3) is 4.26. The van der Waals surface area contributed by atoms with Gasteiger partial charge in [-0.2, -0.15) is 5.26 Å². The van der Waals surface area contributed by atoms with Crippen molar-refractivity contribution in [1.82, 2.24) is 0 Å². The van der Waals surface area contributed by atoms with E-state index in [1.807, 2.05) is 0 Å². The van der Waals surface area contributed by atoms with Crippen LogP contribution in [0.1, 0.15) is 12.0 Å². The zero-order valence-corrected chi connectivity index (χ0v) is 15.3. The first-order chi connectivity index (χ1) is 12.1. The number of carbonyl (C=O) groups excluding carboxylic acids is 1. The summed E-state index contributed by atoms with van der Waals surface area (Å²) in [5, 5.41) is 15.9. The first kappa shape index (κ1) is 19.6. The van der Waals surface area contributed by atoms with Crippen molar-refractivity contribution in [2.45, 2.75) is 28.0 Å². The van der Waals surface area contributed by atoms with E-state index in [4.69, 9.17) is 10.4 Å². The maximum atomic E-state index is 12.9. The second-order valence-electron chi connectivity index (χ2n) is 5.40. The summed E-state index contributed by atoms with van der Waals surface area (Å²) in [7, 11) is -8.16. The van der Waals surface area contributed by atoms with Crippen LogP contribution in [0.3, 0.4) is 0 Å². The van der Waals surface area contributed by atoms with Gasteiger partial charge in [-0.25, -0.2) is 22.0 Å². The fourth-order valence-electron chi connectivity index (χ4n) is 2.13. The van der Waals surface area contributed by atoms with Crippen LogP contribution in [0.5, 0.6) is 0 Å². The van der Waals surface area contributed by atoms with Crippen LogP contribution in [0.25, 0.3) is 0 Å². The predicted octanol–water partition coefficient (Wildman–Crippen LogP) is 1.33. The lowest BCUT2D eigenvalue weighted by molar-refractivity contribution is -0.115. The van der Waals surface area contributed by atoms with E-state index in [1.54, 1.807) is 25.1 Å². The van der Waals surface area contributed by atoms with E-state index in [2.05, 4.69) is 5.32 Å². The van der Waals surface area contributed by atoms with Gasteiger partial charge < -0.3 is 5.32 Å². The first-order valence-electron chi connectivity index (χ1n) is 7.21. The van der Waals surface area contributed by atoms with Crippen LogP contribution >= 0.6 is 0 Å². The van der Waals surface area contributed by atoms with Gasteiger partial charge in [0, 0.05) is 0 Å². The molecule has 0 unspecified atom stereocenters. The van der Waals surface area contributed by atoms with Gasteiger partial charge in [0.05, 0.1) is 26.4 Å². The van der Waals surface area contributed by atoms with Gasteiger partial charge in [0.2, 0.25) is 25.8 Å². The number of rotatable bonds is 5. The first-order valence-corrected chi connectivity index (χ1v) is 10.2. The predicted molar refractivity (Wildman–Crippen MR) is 93.3 cm³/mol. The molecular formula is C16H15N3O5S2. The molecule has 0 atom stereocenters. The molecule has 0 aliphatic carbocycles. The number of nitrogens with two attached hydrogens (primary N) is 1. The van der Waals surface area contributed by atoms with E-state index in [0.29, 0.717) is 0 Å². The Morgan fingerprint density at radius 1 is 1.08 bits per heavy atom. The molecule has 8 nitrogen and oxygen atoms in total. The number of primary sulfonamides is 1. The summed E-state index contributed by atoms with van der Waals surface area (Å²) in [6.45, 7) is 1.80. The molecule has 10 heteroatoms. The summed E-state index contributed by atoms with van der Waals surface area (Å²) in [5.41, 5.74) is 0.591. The van der Waals surface area contributed by atoms with E-state index in [0.717, 1.165) is 23.8 Å². The van der Waals surface area contributed by atoms with Crippen molar-refractivity contribution in [2.24, 2.45) is 5.14 Å². The third-order valence-electron chi connectivity index (χ3n) is 3.41. The molecule has 0 saturated heterocycles. The van der Waals surface area contributed by atoms with Gasteiger partial charge >= 0.3 is 0 Å². The summed E-state index contributed by atoms with van der Waals surface area (Å²) in [6.07, 6.45) is -0.524. The van der Waals surface area contributed by atoms with E-state index < -0.39 is 32.2 Å². The molecule has 0 aliphatic rings. The van der Waals surface area contributed by atoms with Crippen LogP contribution in [0.15, 0.2) is 57.2 Å². The molecule has 136 valence electrons. The number of nitrogens with one attached hydrogen (secondary N) is 1. The van der Waals surface area contributed by atoms with Gasteiger partial charge in [-0.3, -0.25) is 4.79 Å². The standard InChI is InChI=1S/C16H15N3O5S2/c1-11-2-4-12(5-3-11)25(21,22)15-7-6-13(26(18,23)24)10-14(15)19-16(20)8-9-17/h2-7,10H,8H2,1H3,(H,19,20)(H2,18,23,24). The number of nitrogens with zero attached hydrogens (tertiary/aromatic N) is 1. The van der Waals surface area contributed by atoms with Gasteiger partial charge in [0.1, 0.15) is 6.42 Å². The van der Waals surface area contributed by atoms with Crippen LogP contribution < -0.4 is 10.5 Å². The molecule has 0 radical (unpaired) electrons. The number of amides is 1. The van der Waals surface area contributed by atoms with Crippen molar-refractivity contribution in [3.63, 3.8) is 0 Å². The minimum atomic E-state index is -4.12. The highest BCUT2D eigenvalue weighted by Crippen LogP contribution is 2.30.